The van der Waals surface area contributed by atoms with E-state index >= 15 is 0 Å². The maximum atomic E-state index is 12.2. The molecule has 5 nitrogen and oxygen atoms in total. The summed E-state index contributed by atoms with van der Waals surface area (Å²) >= 11 is 5.82. The van der Waals surface area contributed by atoms with Crippen LogP contribution in [0.3, 0.4) is 0 Å². The zero-order valence-electron chi connectivity index (χ0n) is 10.8. The van der Waals surface area contributed by atoms with E-state index in [9.17, 15) is 9.59 Å². The van der Waals surface area contributed by atoms with Gasteiger partial charge >= 0.3 is 5.97 Å². The molecule has 1 saturated heterocycles. The fraction of sp³-hybridized carbons (Fsp3) is 0.462. The van der Waals surface area contributed by atoms with Crippen LogP contribution in [-0.2, 0) is 4.79 Å². The molecule has 0 saturated carbocycles. The van der Waals surface area contributed by atoms with E-state index in [1.165, 1.54) is 6.07 Å². The van der Waals surface area contributed by atoms with Crippen molar-refractivity contribution in [1.82, 2.24) is 9.88 Å². The smallest absolute Gasteiger partial charge is 0.306 e. The summed E-state index contributed by atoms with van der Waals surface area (Å²) in [6, 6.07) is 3.22. The number of rotatable bonds is 3. The van der Waals surface area contributed by atoms with Crippen LogP contribution in [0.4, 0.5) is 0 Å². The number of hydrogen-bond donors (Lipinski definition) is 1. The van der Waals surface area contributed by atoms with Crippen molar-refractivity contribution in [2.24, 2.45) is 11.8 Å². The van der Waals surface area contributed by atoms with Crippen molar-refractivity contribution in [2.45, 2.75) is 13.8 Å². The number of carbonyl (C=O) groups is 2. The van der Waals surface area contributed by atoms with Crippen molar-refractivity contribution < 1.29 is 14.7 Å². The van der Waals surface area contributed by atoms with Gasteiger partial charge in [-0.3, -0.25) is 9.59 Å². The van der Waals surface area contributed by atoms with Crippen molar-refractivity contribution in [3.8, 4) is 0 Å². The number of hydrogen-bond acceptors (Lipinski definition) is 3. The number of amides is 1. The lowest BCUT2D eigenvalue weighted by Crippen LogP contribution is -2.53. The van der Waals surface area contributed by atoms with Gasteiger partial charge in [-0.05, 0) is 19.1 Å². The summed E-state index contributed by atoms with van der Waals surface area (Å²) < 4.78 is 0. The molecule has 2 heterocycles. The normalized spacial score (nSPS) is 16.9. The molecule has 0 radical (unpaired) electrons. The highest BCUT2D eigenvalue weighted by Gasteiger charge is 2.37. The lowest BCUT2D eigenvalue weighted by Gasteiger charge is -2.41. The first-order valence-corrected chi connectivity index (χ1v) is 6.42. The third-order valence-corrected chi connectivity index (χ3v) is 3.66. The molecule has 6 heteroatoms. The van der Waals surface area contributed by atoms with Crippen molar-refractivity contribution in [2.75, 3.05) is 13.1 Å². The van der Waals surface area contributed by atoms with Gasteiger partial charge in [0.05, 0.1) is 5.92 Å². The standard InChI is InChI=1S/C13H15ClN2O3/c1-7-3-9(4-11(14)15-7)12(17)16-5-10(6-16)8(2)13(18)19/h3-4,8,10H,5-6H2,1-2H3,(H,18,19). The minimum Gasteiger partial charge on any atom is -0.481 e. The number of carbonyl (C=O) groups excluding carboxylic acids is 1. The predicted octanol–water partition coefficient (Wildman–Crippen LogP) is 1.84. The predicted molar refractivity (Wildman–Crippen MR) is 70.2 cm³/mol. The Morgan fingerprint density at radius 1 is 1.47 bits per heavy atom. The average molecular weight is 283 g/mol. The topological polar surface area (TPSA) is 70.5 Å². The maximum Gasteiger partial charge on any atom is 0.306 e. The van der Waals surface area contributed by atoms with E-state index < -0.39 is 11.9 Å². The molecular formula is C13H15ClN2O3. The second-order valence-electron chi connectivity index (χ2n) is 4.92. The minimum absolute atomic E-state index is 0.0276. The highest BCUT2D eigenvalue weighted by molar-refractivity contribution is 6.29. The molecule has 1 unspecified atom stereocenters. The first kappa shape index (κ1) is 13.8. The van der Waals surface area contributed by atoms with Gasteiger partial charge in [-0.1, -0.05) is 18.5 Å². The molecule has 1 atom stereocenters. The Morgan fingerprint density at radius 2 is 2.11 bits per heavy atom. The van der Waals surface area contributed by atoms with Crippen LogP contribution in [0.2, 0.25) is 5.15 Å². The van der Waals surface area contributed by atoms with Crippen molar-refractivity contribution in [1.29, 1.82) is 0 Å². The number of carboxylic acids is 1. The number of aliphatic carboxylic acids is 1. The van der Waals surface area contributed by atoms with Crippen LogP contribution in [-0.4, -0.2) is 40.0 Å². The largest absolute Gasteiger partial charge is 0.481 e. The van der Waals surface area contributed by atoms with Gasteiger partial charge in [-0.25, -0.2) is 4.98 Å². The molecule has 0 aromatic carbocycles. The monoisotopic (exact) mass is 282 g/mol. The van der Waals surface area contributed by atoms with Crippen LogP contribution < -0.4 is 0 Å². The van der Waals surface area contributed by atoms with Gasteiger partial charge in [0.15, 0.2) is 0 Å². The van der Waals surface area contributed by atoms with E-state index in [0.717, 1.165) is 0 Å². The molecule has 0 bridgehead atoms. The van der Waals surface area contributed by atoms with Crippen LogP contribution in [0.5, 0.6) is 0 Å². The van der Waals surface area contributed by atoms with Crippen molar-refractivity contribution in [3.05, 3.63) is 28.5 Å². The summed E-state index contributed by atoms with van der Waals surface area (Å²) in [5.41, 5.74) is 1.19. The zero-order chi connectivity index (χ0) is 14.2. The maximum absolute atomic E-state index is 12.2. The first-order chi connectivity index (χ1) is 8.88. The second kappa shape index (κ2) is 5.17. The molecule has 1 aliphatic rings. The Bertz CT molecular complexity index is 506. The quantitative estimate of drug-likeness (QED) is 0.859. The molecule has 0 spiro atoms. The molecular weight excluding hydrogens is 268 g/mol. The molecule has 1 N–H and O–H groups in total. The van der Waals surface area contributed by atoms with E-state index in [4.69, 9.17) is 16.7 Å². The fourth-order valence-corrected chi connectivity index (χ4v) is 2.38. The number of aromatic nitrogens is 1. The van der Waals surface area contributed by atoms with Crippen molar-refractivity contribution >= 4 is 23.5 Å². The van der Waals surface area contributed by atoms with Crippen molar-refractivity contribution in [3.63, 3.8) is 0 Å². The third kappa shape index (κ3) is 2.87. The van der Waals surface area contributed by atoms with Crippen LogP contribution >= 0.6 is 11.6 Å². The number of carboxylic acid groups (broad SMARTS) is 1. The molecule has 2 rings (SSSR count). The molecule has 19 heavy (non-hydrogen) atoms. The number of halogens is 1. The second-order valence-corrected chi connectivity index (χ2v) is 5.30. The average Bonchev–Trinajstić information content (AvgIpc) is 2.25. The molecule has 102 valence electrons. The summed E-state index contributed by atoms with van der Waals surface area (Å²) in [7, 11) is 0. The van der Waals surface area contributed by atoms with Gasteiger partial charge in [-0.2, -0.15) is 0 Å². The molecule has 1 amide bonds. The lowest BCUT2D eigenvalue weighted by molar-refractivity contribution is -0.144. The van der Waals surface area contributed by atoms with Crippen LogP contribution in [0.1, 0.15) is 23.0 Å². The minimum atomic E-state index is -0.820. The SMILES string of the molecule is Cc1cc(C(=O)N2CC(C(C)C(=O)O)C2)cc(Cl)n1. The number of aryl methyl sites for hydroxylation is 1. The van der Waals surface area contributed by atoms with E-state index in [-0.39, 0.29) is 11.8 Å². The summed E-state index contributed by atoms with van der Waals surface area (Å²) in [5, 5.41) is 9.19. The van der Waals surface area contributed by atoms with Crippen LogP contribution in [0, 0.1) is 18.8 Å². The van der Waals surface area contributed by atoms with E-state index in [1.807, 2.05) is 0 Å². The van der Waals surface area contributed by atoms with Crippen LogP contribution in [0.25, 0.3) is 0 Å². The summed E-state index contributed by atoms with van der Waals surface area (Å²) in [6.45, 7) is 4.40. The molecule has 1 aromatic rings. The van der Waals surface area contributed by atoms with E-state index in [2.05, 4.69) is 4.98 Å². The molecule has 1 fully saturated rings. The summed E-state index contributed by atoms with van der Waals surface area (Å²) in [6.07, 6.45) is 0. The Morgan fingerprint density at radius 3 is 2.63 bits per heavy atom. The Hall–Kier alpha value is -1.62. The van der Waals surface area contributed by atoms with Gasteiger partial charge < -0.3 is 10.0 Å². The summed E-state index contributed by atoms with van der Waals surface area (Å²) in [5.74, 6) is -1.34. The number of nitrogens with zero attached hydrogens (tertiary/aromatic N) is 2. The Kier molecular flexibility index (Phi) is 3.75. The summed E-state index contributed by atoms with van der Waals surface area (Å²) in [4.78, 5) is 28.6. The Labute approximate surface area is 116 Å². The van der Waals surface area contributed by atoms with Gasteiger partial charge in [0.1, 0.15) is 5.15 Å². The molecule has 1 aromatic heterocycles. The van der Waals surface area contributed by atoms with E-state index in [1.54, 1.807) is 24.8 Å². The number of pyridine rings is 1. The highest BCUT2D eigenvalue weighted by Crippen LogP contribution is 2.26. The fourth-order valence-electron chi connectivity index (χ4n) is 2.13. The van der Waals surface area contributed by atoms with Gasteiger partial charge in [0.25, 0.3) is 5.91 Å². The number of likely N-dealkylation sites (tertiary alicyclic amines) is 1. The third-order valence-electron chi connectivity index (χ3n) is 3.46. The van der Waals surface area contributed by atoms with Gasteiger partial charge in [-0.15, -0.1) is 0 Å². The van der Waals surface area contributed by atoms with Crippen LogP contribution in [0.15, 0.2) is 12.1 Å². The zero-order valence-corrected chi connectivity index (χ0v) is 11.5. The lowest BCUT2D eigenvalue weighted by atomic mass is 9.86. The van der Waals surface area contributed by atoms with Gasteiger partial charge in [0, 0.05) is 30.3 Å². The molecule has 0 aliphatic carbocycles. The highest BCUT2D eigenvalue weighted by atomic mass is 35.5. The van der Waals surface area contributed by atoms with E-state index in [0.29, 0.717) is 29.5 Å². The molecule has 1 aliphatic heterocycles. The van der Waals surface area contributed by atoms with Gasteiger partial charge in [0.2, 0.25) is 0 Å². The first-order valence-electron chi connectivity index (χ1n) is 6.04. The Balaban J connectivity index is 2.02.